The Bertz CT molecular complexity index is 416. The molecule has 0 heterocycles. The first kappa shape index (κ1) is 14.5. The zero-order valence-corrected chi connectivity index (χ0v) is 11.2. The van der Waals surface area contributed by atoms with Gasteiger partial charge in [0, 0.05) is 24.9 Å². The van der Waals surface area contributed by atoms with E-state index < -0.39 is 5.97 Å². The van der Waals surface area contributed by atoms with Crippen molar-refractivity contribution in [2.45, 2.75) is 33.2 Å². The SMILES string of the molecule is Cc1cc(C(=O)O)ccc1N(CCCO)C(C)C. The monoisotopic (exact) mass is 251 g/mol. The number of nitrogens with zero attached hydrogens (tertiary/aromatic N) is 1. The quantitative estimate of drug-likeness (QED) is 0.814. The van der Waals surface area contributed by atoms with Crippen LogP contribution in [0.4, 0.5) is 5.69 Å². The van der Waals surface area contributed by atoms with Gasteiger partial charge in [-0.2, -0.15) is 0 Å². The Morgan fingerprint density at radius 2 is 2.06 bits per heavy atom. The maximum Gasteiger partial charge on any atom is 0.335 e. The normalized spacial score (nSPS) is 10.7. The molecule has 0 radical (unpaired) electrons. The first-order chi connectivity index (χ1) is 8.47. The third-order valence-corrected chi connectivity index (χ3v) is 2.93. The van der Waals surface area contributed by atoms with Gasteiger partial charge < -0.3 is 15.1 Å². The van der Waals surface area contributed by atoms with Crippen molar-refractivity contribution in [2.24, 2.45) is 0 Å². The van der Waals surface area contributed by atoms with E-state index in [2.05, 4.69) is 18.7 Å². The minimum atomic E-state index is -0.906. The van der Waals surface area contributed by atoms with Crippen LogP contribution in [0, 0.1) is 6.92 Å². The molecule has 4 heteroatoms. The van der Waals surface area contributed by atoms with Crippen LogP contribution >= 0.6 is 0 Å². The Kier molecular flexibility index (Phi) is 5.16. The number of aliphatic hydroxyl groups excluding tert-OH is 1. The van der Waals surface area contributed by atoms with E-state index in [0.717, 1.165) is 17.8 Å². The second-order valence-electron chi connectivity index (χ2n) is 4.67. The molecule has 0 saturated heterocycles. The lowest BCUT2D eigenvalue weighted by Gasteiger charge is -2.30. The Morgan fingerprint density at radius 3 is 2.50 bits per heavy atom. The molecule has 0 unspecified atom stereocenters. The van der Waals surface area contributed by atoms with Gasteiger partial charge in [0.1, 0.15) is 0 Å². The van der Waals surface area contributed by atoms with Gasteiger partial charge in [-0.15, -0.1) is 0 Å². The Morgan fingerprint density at radius 1 is 1.39 bits per heavy atom. The molecule has 2 N–H and O–H groups in total. The number of carboxylic acid groups (broad SMARTS) is 1. The van der Waals surface area contributed by atoms with E-state index in [1.807, 2.05) is 13.0 Å². The third-order valence-electron chi connectivity index (χ3n) is 2.93. The largest absolute Gasteiger partial charge is 0.478 e. The summed E-state index contributed by atoms with van der Waals surface area (Å²) in [6.07, 6.45) is 0.707. The number of anilines is 1. The predicted octanol–water partition coefficient (Wildman–Crippen LogP) is 2.29. The van der Waals surface area contributed by atoms with E-state index in [-0.39, 0.29) is 6.61 Å². The van der Waals surface area contributed by atoms with Gasteiger partial charge in [-0.1, -0.05) is 0 Å². The highest BCUT2D eigenvalue weighted by atomic mass is 16.4. The molecule has 0 saturated carbocycles. The van der Waals surface area contributed by atoms with Crippen LogP contribution in [0.15, 0.2) is 18.2 Å². The van der Waals surface area contributed by atoms with E-state index in [9.17, 15) is 4.79 Å². The summed E-state index contributed by atoms with van der Waals surface area (Å²) in [5, 5.41) is 17.9. The van der Waals surface area contributed by atoms with E-state index in [4.69, 9.17) is 10.2 Å². The Hall–Kier alpha value is -1.55. The highest BCUT2D eigenvalue weighted by Crippen LogP contribution is 2.23. The van der Waals surface area contributed by atoms with Crippen LogP contribution in [0.2, 0.25) is 0 Å². The first-order valence-corrected chi connectivity index (χ1v) is 6.18. The van der Waals surface area contributed by atoms with Crippen molar-refractivity contribution in [3.8, 4) is 0 Å². The van der Waals surface area contributed by atoms with Gasteiger partial charge in [0.15, 0.2) is 0 Å². The van der Waals surface area contributed by atoms with Gasteiger partial charge in [-0.3, -0.25) is 0 Å². The van der Waals surface area contributed by atoms with E-state index in [1.165, 1.54) is 0 Å². The summed E-state index contributed by atoms with van der Waals surface area (Å²) in [5.41, 5.74) is 2.28. The van der Waals surface area contributed by atoms with Crippen molar-refractivity contribution >= 4 is 11.7 Å². The second-order valence-corrected chi connectivity index (χ2v) is 4.67. The number of aromatic carboxylic acids is 1. The molecule has 1 aromatic rings. The topological polar surface area (TPSA) is 60.8 Å². The minimum absolute atomic E-state index is 0.162. The molecule has 0 aliphatic rings. The maximum absolute atomic E-state index is 10.9. The average Bonchev–Trinajstić information content (AvgIpc) is 2.30. The van der Waals surface area contributed by atoms with Gasteiger partial charge in [-0.25, -0.2) is 4.79 Å². The molecule has 4 nitrogen and oxygen atoms in total. The summed E-state index contributed by atoms with van der Waals surface area (Å²) >= 11 is 0. The number of aryl methyl sites for hydroxylation is 1. The highest BCUT2D eigenvalue weighted by molar-refractivity contribution is 5.88. The number of carboxylic acids is 1. The van der Waals surface area contributed by atoms with Crippen LogP contribution < -0.4 is 4.90 Å². The molecule has 18 heavy (non-hydrogen) atoms. The molecule has 0 atom stereocenters. The summed E-state index contributed by atoms with van der Waals surface area (Å²) in [6.45, 7) is 7.01. The lowest BCUT2D eigenvalue weighted by molar-refractivity contribution is 0.0697. The van der Waals surface area contributed by atoms with Crippen LogP contribution in [-0.2, 0) is 0 Å². The van der Waals surface area contributed by atoms with Gasteiger partial charge in [0.2, 0.25) is 0 Å². The molecule has 0 amide bonds. The Balaban J connectivity index is 3.01. The zero-order chi connectivity index (χ0) is 13.7. The van der Waals surface area contributed by atoms with E-state index >= 15 is 0 Å². The van der Waals surface area contributed by atoms with Crippen LogP contribution in [0.3, 0.4) is 0 Å². The van der Waals surface area contributed by atoms with Crippen molar-refractivity contribution in [3.05, 3.63) is 29.3 Å². The van der Waals surface area contributed by atoms with Crippen molar-refractivity contribution in [1.82, 2.24) is 0 Å². The van der Waals surface area contributed by atoms with Crippen molar-refractivity contribution in [2.75, 3.05) is 18.1 Å². The molecule has 0 spiro atoms. The molecular formula is C14H21NO3. The number of carbonyl (C=O) groups is 1. The maximum atomic E-state index is 10.9. The van der Waals surface area contributed by atoms with Crippen LogP contribution in [0.5, 0.6) is 0 Å². The predicted molar refractivity (Wildman–Crippen MR) is 72.3 cm³/mol. The van der Waals surface area contributed by atoms with Gasteiger partial charge in [0.05, 0.1) is 5.56 Å². The zero-order valence-electron chi connectivity index (χ0n) is 11.2. The molecular weight excluding hydrogens is 230 g/mol. The Labute approximate surface area is 108 Å². The van der Waals surface area contributed by atoms with E-state index in [1.54, 1.807) is 12.1 Å². The second kappa shape index (κ2) is 6.40. The third kappa shape index (κ3) is 3.47. The number of hydrogen-bond donors (Lipinski definition) is 2. The molecule has 0 aliphatic heterocycles. The van der Waals surface area contributed by atoms with Crippen molar-refractivity contribution in [1.29, 1.82) is 0 Å². The smallest absolute Gasteiger partial charge is 0.335 e. The number of aliphatic hydroxyl groups is 1. The number of benzene rings is 1. The number of hydrogen-bond acceptors (Lipinski definition) is 3. The van der Waals surface area contributed by atoms with Crippen molar-refractivity contribution in [3.63, 3.8) is 0 Å². The highest BCUT2D eigenvalue weighted by Gasteiger charge is 2.14. The fourth-order valence-corrected chi connectivity index (χ4v) is 2.01. The lowest BCUT2D eigenvalue weighted by Crippen LogP contribution is -2.32. The standard InChI is InChI=1S/C14H21NO3/c1-10(2)15(7-4-8-16)13-6-5-12(14(17)18)9-11(13)3/h5-6,9-10,16H,4,7-8H2,1-3H3,(H,17,18). The molecule has 0 fully saturated rings. The van der Waals surface area contributed by atoms with Crippen LogP contribution in [0.1, 0.15) is 36.2 Å². The minimum Gasteiger partial charge on any atom is -0.478 e. The summed E-state index contributed by atoms with van der Waals surface area (Å²) < 4.78 is 0. The summed E-state index contributed by atoms with van der Waals surface area (Å²) in [4.78, 5) is 13.1. The molecule has 1 rings (SSSR count). The van der Waals surface area contributed by atoms with Gasteiger partial charge in [0.25, 0.3) is 0 Å². The van der Waals surface area contributed by atoms with Gasteiger partial charge >= 0.3 is 5.97 Å². The fourth-order valence-electron chi connectivity index (χ4n) is 2.01. The molecule has 0 aromatic heterocycles. The average molecular weight is 251 g/mol. The van der Waals surface area contributed by atoms with Crippen LogP contribution in [0.25, 0.3) is 0 Å². The molecule has 1 aromatic carbocycles. The lowest BCUT2D eigenvalue weighted by atomic mass is 10.1. The van der Waals surface area contributed by atoms with E-state index in [0.29, 0.717) is 18.0 Å². The molecule has 0 bridgehead atoms. The summed E-state index contributed by atoms with van der Waals surface area (Å²) in [5.74, 6) is -0.906. The summed E-state index contributed by atoms with van der Waals surface area (Å²) in [7, 11) is 0. The molecule has 0 aliphatic carbocycles. The fraction of sp³-hybridized carbons (Fsp3) is 0.500. The first-order valence-electron chi connectivity index (χ1n) is 6.18. The van der Waals surface area contributed by atoms with Gasteiger partial charge in [-0.05, 0) is 51.0 Å². The van der Waals surface area contributed by atoms with Crippen LogP contribution in [-0.4, -0.2) is 35.4 Å². The summed E-state index contributed by atoms with van der Waals surface area (Å²) in [6, 6.07) is 5.46. The van der Waals surface area contributed by atoms with Crippen molar-refractivity contribution < 1.29 is 15.0 Å². The molecule has 100 valence electrons. The number of rotatable bonds is 6.